The van der Waals surface area contributed by atoms with E-state index in [1.165, 1.54) is 4.90 Å². The molecule has 0 fully saturated rings. The number of hydrogen-bond donors (Lipinski definition) is 1. The van der Waals surface area contributed by atoms with E-state index in [9.17, 15) is 18.0 Å². The van der Waals surface area contributed by atoms with Gasteiger partial charge in [-0.1, -0.05) is 53.2 Å². The van der Waals surface area contributed by atoms with Gasteiger partial charge in [0.15, 0.2) is 0 Å². The van der Waals surface area contributed by atoms with Crippen molar-refractivity contribution in [1.82, 2.24) is 10.2 Å². The highest BCUT2D eigenvalue weighted by atomic mass is 79.9. The summed E-state index contributed by atoms with van der Waals surface area (Å²) in [5, 5.41) is 2.91. The van der Waals surface area contributed by atoms with Gasteiger partial charge in [0.1, 0.15) is 24.1 Å². The number of halogens is 1. The van der Waals surface area contributed by atoms with Crippen molar-refractivity contribution in [2.75, 3.05) is 17.1 Å². The van der Waals surface area contributed by atoms with Crippen LogP contribution in [0.4, 0.5) is 5.69 Å². The summed E-state index contributed by atoms with van der Waals surface area (Å²) in [5.74, 6) is 0.369. The summed E-state index contributed by atoms with van der Waals surface area (Å²) in [7, 11) is -3.83. The van der Waals surface area contributed by atoms with Crippen LogP contribution in [-0.4, -0.2) is 50.0 Å². The zero-order valence-corrected chi connectivity index (χ0v) is 24.9. The Morgan fingerprint density at radius 2 is 1.51 bits per heavy atom. The molecule has 0 unspecified atom stereocenters. The van der Waals surface area contributed by atoms with Crippen LogP contribution in [0.3, 0.4) is 0 Å². The van der Waals surface area contributed by atoms with Crippen LogP contribution in [0.1, 0.15) is 32.8 Å². The lowest BCUT2D eigenvalue weighted by Gasteiger charge is -2.32. The van der Waals surface area contributed by atoms with Crippen LogP contribution >= 0.6 is 15.9 Å². The van der Waals surface area contributed by atoms with Crippen LogP contribution in [0.5, 0.6) is 11.5 Å². The summed E-state index contributed by atoms with van der Waals surface area (Å²) >= 11 is 3.40. The third-order valence-electron chi connectivity index (χ3n) is 6.22. The summed E-state index contributed by atoms with van der Waals surface area (Å²) < 4.78 is 33.3. The third kappa shape index (κ3) is 8.83. The van der Waals surface area contributed by atoms with Crippen molar-refractivity contribution < 1.29 is 22.7 Å². The number of para-hydroxylation sites is 1. The molecule has 208 valence electrons. The maximum atomic E-state index is 13.7. The molecule has 10 heteroatoms. The molecular formula is C29H34BrN3O5S. The van der Waals surface area contributed by atoms with E-state index in [1.807, 2.05) is 68.4 Å². The van der Waals surface area contributed by atoms with Gasteiger partial charge in [-0.2, -0.15) is 0 Å². The standard InChI is InChI=1S/C29H34BrN3O5S/c1-5-21(2)31-29(35)22(3)32(19-23-11-13-24(30)14-12-23)28(34)20-33(39(4,36)37)25-15-17-27(18-16-25)38-26-9-7-6-8-10-26/h6-18,21-22H,5,19-20H2,1-4H3,(H,31,35)/t21-,22-/m0/s1. The minimum atomic E-state index is -3.83. The second-order valence-corrected chi connectivity index (χ2v) is 12.1. The van der Waals surface area contributed by atoms with Crippen molar-refractivity contribution in [2.45, 2.75) is 45.8 Å². The Morgan fingerprint density at radius 3 is 2.08 bits per heavy atom. The van der Waals surface area contributed by atoms with Crippen molar-refractivity contribution in [3.05, 3.63) is 88.9 Å². The van der Waals surface area contributed by atoms with Gasteiger partial charge in [0, 0.05) is 17.1 Å². The number of nitrogens with one attached hydrogen (secondary N) is 1. The number of anilines is 1. The van der Waals surface area contributed by atoms with Crippen LogP contribution in [0.2, 0.25) is 0 Å². The Balaban J connectivity index is 1.85. The number of carbonyl (C=O) groups is 2. The molecule has 39 heavy (non-hydrogen) atoms. The Bertz CT molecular complexity index is 1350. The van der Waals surface area contributed by atoms with Crippen LogP contribution in [0, 0.1) is 0 Å². The zero-order valence-electron chi connectivity index (χ0n) is 22.5. The quantitative estimate of drug-likeness (QED) is 0.297. The number of carbonyl (C=O) groups excluding carboxylic acids is 2. The first-order valence-electron chi connectivity index (χ1n) is 12.6. The number of hydrogen-bond acceptors (Lipinski definition) is 5. The number of sulfonamides is 1. The first-order chi connectivity index (χ1) is 18.5. The van der Waals surface area contributed by atoms with E-state index in [0.717, 1.165) is 27.0 Å². The second kappa shape index (κ2) is 13.6. The largest absolute Gasteiger partial charge is 0.457 e. The van der Waals surface area contributed by atoms with Crippen molar-refractivity contribution in [1.29, 1.82) is 0 Å². The summed E-state index contributed by atoms with van der Waals surface area (Å²) in [6.45, 7) is 5.18. The Kier molecular flexibility index (Phi) is 10.5. The van der Waals surface area contributed by atoms with E-state index in [0.29, 0.717) is 17.2 Å². The molecule has 2 atom stereocenters. The van der Waals surface area contributed by atoms with Gasteiger partial charge in [0.2, 0.25) is 21.8 Å². The Hall–Kier alpha value is -3.37. The van der Waals surface area contributed by atoms with Gasteiger partial charge >= 0.3 is 0 Å². The molecule has 8 nitrogen and oxygen atoms in total. The number of rotatable bonds is 12. The number of amides is 2. The van der Waals surface area contributed by atoms with E-state index >= 15 is 0 Å². The highest BCUT2D eigenvalue weighted by Crippen LogP contribution is 2.26. The van der Waals surface area contributed by atoms with Crippen LogP contribution in [0.25, 0.3) is 0 Å². The molecule has 0 heterocycles. The lowest BCUT2D eigenvalue weighted by atomic mass is 10.1. The van der Waals surface area contributed by atoms with Gasteiger partial charge < -0.3 is 15.0 Å². The SMILES string of the molecule is CC[C@H](C)NC(=O)[C@H](C)N(Cc1ccc(Br)cc1)C(=O)CN(c1ccc(Oc2ccccc2)cc1)S(C)(=O)=O. The highest BCUT2D eigenvalue weighted by molar-refractivity contribution is 9.10. The van der Waals surface area contributed by atoms with Crippen LogP contribution < -0.4 is 14.4 Å². The van der Waals surface area contributed by atoms with Crippen LogP contribution in [-0.2, 0) is 26.2 Å². The predicted molar refractivity (Wildman–Crippen MR) is 157 cm³/mol. The average Bonchev–Trinajstić information content (AvgIpc) is 2.91. The lowest BCUT2D eigenvalue weighted by molar-refractivity contribution is -0.139. The van der Waals surface area contributed by atoms with Crippen molar-refractivity contribution >= 4 is 43.5 Å². The van der Waals surface area contributed by atoms with Gasteiger partial charge in [0.25, 0.3) is 0 Å². The molecule has 0 saturated heterocycles. The van der Waals surface area contributed by atoms with Crippen molar-refractivity contribution in [2.24, 2.45) is 0 Å². The molecule has 3 rings (SSSR count). The maximum Gasteiger partial charge on any atom is 0.244 e. The molecule has 3 aromatic carbocycles. The summed E-state index contributed by atoms with van der Waals surface area (Å²) in [6.07, 6.45) is 1.79. The van der Waals surface area contributed by atoms with Crippen molar-refractivity contribution in [3.63, 3.8) is 0 Å². The number of nitrogens with zero attached hydrogens (tertiary/aromatic N) is 2. The predicted octanol–water partition coefficient (Wildman–Crippen LogP) is 5.34. The molecule has 0 spiro atoms. The van der Waals surface area contributed by atoms with E-state index in [4.69, 9.17) is 4.74 Å². The summed E-state index contributed by atoms with van der Waals surface area (Å²) in [4.78, 5) is 28.1. The summed E-state index contributed by atoms with van der Waals surface area (Å²) in [6, 6.07) is 22.2. The lowest BCUT2D eigenvalue weighted by Crippen LogP contribution is -2.52. The van der Waals surface area contributed by atoms with E-state index < -0.39 is 28.5 Å². The molecule has 0 radical (unpaired) electrons. The molecule has 3 aromatic rings. The molecular weight excluding hydrogens is 582 g/mol. The Labute approximate surface area is 239 Å². The molecule has 0 aromatic heterocycles. The van der Waals surface area contributed by atoms with Gasteiger partial charge in [-0.3, -0.25) is 13.9 Å². The molecule has 0 aliphatic heterocycles. The maximum absolute atomic E-state index is 13.7. The average molecular weight is 617 g/mol. The van der Waals surface area contributed by atoms with E-state index in [1.54, 1.807) is 31.2 Å². The second-order valence-electron chi connectivity index (χ2n) is 9.32. The first-order valence-corrected chi connectivity index (χ1v) is 15.3. The number of benzene rings is 3. The fraction of sp³-hybridized carbons (Fsp3) is 0.310. The fourth-order valence-electron chi connectivity index (χ4n) is 3.75. The third-order valence-corrected chi connectivity index (χ3v) is 7.89. The highest BCUT2D eigenvalue weighted by Gasteiger charge is 2.30. The van der Waals surface area contributed by atoms with Gasteiger partial charge in [-0.25, -0.2) is 8.42 Å². The Morgan fingerprint density at radius 1 is 0.923 bits per heavy atom. The van der Waals surface area contributed by atoms with Crippen LogP contribution in [0.15, 0.2) is 83.3 Å². The minimum Gasteiger partial charge on any atom is -0.457 e. The first kappa shape index (κ1) is 30.2. The van der Waals surface area contributed by atoms with E-state index in [2.05, 4.69) is 21.2 Å². The minimum absolute atomic E-state index is 0.0614. The van der Waals surface area contributed by atoms with Gasteiger partial charge in [-0.05, 0) is 74.4 Å². The fourth-order valence-corrected chi connectivity index (χ4v) is 4.87. The zero-order chi connectivity index (χ0) is 28.6. The monoisotopic (exact) mass is 615 g/mol. The molecule has 1 N–H and O–H groups in total. The molecule has 0 aliphatic rings. The topological polar surface area (TPSA) is 96.0 Å². The molecule has 0 bridgehead atoms. The van der Waals surface area contributed by atoms with Crippen molar-refractivity contribution in [3.8, 4) is 11.5 Å². The summed E-state index contributed by atoms with van der Waals surface area (Å²) in [5.41, 5.74) is 1.12. The van der Waals surface area contributed by atoms with Gasteiger partial charge in [-0.15, -0.1) is 0 Å². The molecule has 0 aliphatic carbocycles. The molecule has 0 saturated carbocycles. The molecule has 2 amide bonds. The van der Waals surface area contributed by atoms with E-state index in [-0.39, 0.29) is 18.5 Å². The smallest absolute Gasteiger partial charge is 0.244 e. The van der Waals surface area contributed by atoms with Gasteiger partial charge in [0.05, 0.1) is 11.9 Å². The normalized spacial score (nSPS) is 12.7. The number of ether oxygens (including phenoxy) is 1.